The number of hydrogen-bond acceptors (Lipinski definition) is 4. The van der Waals surface area contributed by atoms with Crippen LogP contribution in [0.15, 0.2) is 24.3 Å². The van der Waals surface area contributed by atoms with Crippen LogP contribution in [0.4, 0.5) is 4.39 Å². The van der Waals surface area contributed by atoms with Gasteiger partial charge in [-0.15, -0.1) is 0 Å². The highest BCUT2D eigenvalue weighted by atomic mass is 19.1. The van der Waals surface area contributed by atoms with Gasteiger partial charge in [-0.3, -0.25) is 9.59 Å². The first-order valence-corrected chi connectivity index (χ1v) is 4.89. The molecule has 5 heteroatoms. The minimum atomic E-state index is -1.13. The van der Waals surface area contributed by atoms with Crippen LogP contribution in [0, 0.1) is 11.7 Å². The van der Waals surface area contributed by atoms with E-state index in [2.05, 4.69) is 4.74 Å². The van der Waals surface area contributed by atoms with Gasteiger partial charge in [0.15, 0.2) is 5.78 Å². The monoisotopic (exact) mass is 238 g/mol. The molecule has 1 rings (SSSR count). The molecule has 17 heavy (non-hydrogen) atoms. The number of carbonyl (C=O) groups excluding carboxylic acids is 3. The van der Waals surface area contributed by atoms with Crippen molar-refractivity contribution in [2.75, 3.05) is 7.11 Å². The summed E-state index contributed by atoms with van der Waals surface area (Å²) in [5, 5.41) is 0. The van der Waals surface area contributed by atoms with Crippen LogP contribution < -0.4 is 0 Å². The number of ether oxygens (including phenoxy) is 1. The van der Waals surface area contributed by atoms with E-state index in [1.807, 2.05) is 0 Å². The number of esters is 1. The lowest BCUT2D eigenvalue weighted by Crippen LogP contribution is -2.28. The maximum absolute atomic E-state index is 12.6. The zero-order chi connectivity index (χ0) is 13.0. The molecule has 0 aliphatic rings. The lowest BCUT2D eigenvalue weighted by Gasteiger charge is -2.07. The Bertz CT molecular complexity index is 450. The Hall–Kier alpha value is -2.04. The molecule has 0 aliphatic carbocycles. The van der Waals surface area contributed by atoms with Crippen LogP contribution in [0.5, 0.6) is 0 Å². The average molecular weight is 238 g/mol. The summed E-state index contributed by atoms with van der Waals surface area (Å²) in [6, 6.07) is 4.75. The first kappa shape index (κ1) is 13.0. The van der Waals surface area contributed by atoms with Crippen LogP contribution in [0.1, 0.15) is 17.3 Å². The van der Waals surface area contributed by atoms with Gasteiger partial charge in [0.25, 0.3) is 5.78 Å². The number of carbonyl (C=O) groups is 3. The topological polar surface area (TPSA) is 60.4 Å². The lowest BCUT2D eigenvalue weighted by atomic mass is 9.95. The van der Waals surface area contributed by atoms with E-state index in [4.69, 9.17) is 0 Å². The maximum atomic E-state index is 12.6. The Morgan fingerprint density at radius 2 is 1.71 bits per heavy atom. The Morgan fingerprint density at radius 1 is 1.18 bits per heavy atom. The van der Waals surface area contributed by atoms with Crippen molar-refractivity contribution in [3.63, 3.8) is 0 Å². The molecule has 0 radical (unpaired) electrons. The first-order valence-electron chi connectivity index (χ1n) is 4.89. The van der Waals surface area contributed by atoms with Gasteiger partial charge in [0.1, 0.15) is 5.82 Å². The highest BCUT2D eigenvalue weighted by molar-refractivity contribution is 6.39. The van der Waals surface area contributed by atoms with E-state index in [0.29, 0.717) is 0 Å². The van der Waals surface area contributed by atoms with Gasteiger partial charge in [-0.2, -0.15) is 0 Å². The highest BCUT2D eigenvalue weighted by Gasteiger charge is 2.28. The SMILES string of the molecule is COC(=O)C(=O)C(C)C(=O)c1ccc(F)cc1. The van der Waals surface area contributed by atoms with Crippen molar-refractivity contribution in [1.29, 1.82) is 0 Å². The molecule has 0 heterocycles. The summed E-state index contributed by atoms with van der Waals surface area (Å²) < 4.78 is 16.9. The number of hydrogen-bond donors (Lipinski definition) is 0. The van der Waals surface area contributed by atoms with Gasteiger partial charge < -0.3 is 4.74 Å². The van der Waals surface area contributed by atoms with E-state index >= 15 is 0 Å². The fourth-order valence-corrected chi connectivity index (χ4v) is 1.26. The minimum absolute atomic E-state index is 0.177. The van der Waals surface area contributed by atoms with Crippen LogP contribution in [0.3, 0.4) is 0 Å². The van der Waals surface area contributed by atoms with Gasteiger partial charge in [-0.1, -0.05) is 0 Å². The summed E-state index contributed by atoms with van der Waals surface area (Å²) in [5.41, 5.74) is 0.177. The number of methoxy groups -OCH3 is 1. The molecule has 0 saturated heterocycles. The van der Waals surface area contributed by atoms with Crippen LogP contribution in [0.25, 0.3) is 0 Å². The minimum Gasteiger partial charge on any atom is -0.463 e. The molecule has 0 aromatic heterocycles. The summed E-state index contributed by atoms with van der Waals surface area (Å²) in [6.07, 6.45) is 0. The maximum Gasteiger partial charge on any atom is 0.375 e. The van der Waals surface area contributed by atoms with Gasteiger partial charge in [-0.25, -0.2) is 9.18 Å². The largest absolute Gasteiger partial charge is 0.463 e. The molecule has 90 valence electrons. The van der Waals surface area contributed by atoms with Crippen molar-refractivity contribution in [2.45, 2.75) is 6.92 Å². The molecule has 0 aliphatic heterocycles. The summed E-state index contributed by atoms with van der Waals surface area (Å²) in [4.78, 5) is 34.1. The third-order valence-corrected chi connectivity index (χ3v) is 2.30. The zero-order valence-electron chi connectivity index (χ0n) is 9.40. The number of benzene rings is 1. The second-order valence-corrected chi connectivity index (χ2v) is 3.45. The third kappa shape index (κ3) is 2.96. The molecule has 0 N–H and O–H groups in total. The van der Waals surface area contributed by atoms with E-state index in [1.165, 1.54) is 19.1 Å². The Balaban J connectivity index is 2.87. The second-order valence-electron chi connectivity index (χ2n) is 3.45. The highest BCUT2D eigenvalue weighted by Crippen LogP contribution is 2.11. The van der Waals surface area contributed by atoms with E-state index < -0.39 is 29.3 Å². The van der Waals surface area contributed by atoms with Gasteiger partial charge in [0.05, 0.1) is 13.0 Å². The Kier molecular flexibility index (Phi) is 4.09. The average Bonchev–Trinajstić information content (AvgIpc) is 2.36. The molecule has 0 bridgehead atoms. The molecule has 0 saturated carbocycles. The molecule has 0 spiro atoms. The van der Waals surface area contributed by atoms with Crippen molar-refractivity contribution in [2.24, 2.45) is 5.92 Å². The van der Waals surface area contributed by atoms with Crippen molar-refractivity contribution in [3.8, 4) is 0 Å². The van der Waals surface area contributed by atoms with Crippen molar-refractivity contribution < 1.29 is 23.5 Å². The molecule has 4 nitrogen and oxygen atoms in total. The molecule has 1 aromatic rings. The van der Waals surface area contributed by atoms with Crippen LogP contribution in [-0.4, -0.2) is 24.6 Å². The van der Waals surface area contributed by atoms with Gasteiger partial charge >= 0.3 is 5.97 Å². The summed E-state index contributed by atoms with van der Waals surface area (Å²) in [7, 11) is 1.06. The lowest BCUT2D eigenvalue weighted by molar-refractivity contribution is -0.152. The Labute approximate surface area is 97.4 Å². The van der Waals surface area contributed by atoms with Crippen LogP contribution in [-0.2, 0) is 14.3 Å². The van der Waals surface area contributed by atoms with Crippen molar-refractivity contribution >= 4 is 17.5 Å². The van der Waals surface area contributed by atoms with Crippen molar-refractivity contribution in [3.05, 3.63) is 35.6 Å². The number of halogens is 1. The van der Waals surface area contributed by atoms with Gasteiger partial charge in [0, 0.05) is 5.56 Å². The van der Waals surface area contributed by atoms with E-state index in [-0.39, 0.29) is 5.56 Å². The number of ketones is 2. The normalized spacial score (nSPS) is 11.7. The molecular weight excluding hydrogens is 227 g/mol. The quantitative estimate of drug-likeness (QED) is 0.344. The molecule has 0 fully saturated rings. The van der Waals surface area contributed by atoms with Crippen LogP contribution >= 0.6 is 0 Å². The number of Topliss-reactive ketones (excluding diaryl/α,β-unsaturated/α-hetero) is 2. The third-order valence-electron chi connectivity index (χ3n) is 2.30. The fraction of sp³-hybridized carbons (Fsp3) is 0.250. The second kappa shape index (κ2) is 5.34. The van der Waals surface area contributed by atoms with Gasteiger partial charge in [0.2, 0.25) is 0 Å². The summed E-state index contributed by atoms with van der Waals surface area (Å²) in [6.45, 7) is 1.31. The molecule has 0 amide bonds. The predicted octanol–water partition coefficient (Wildman–Crippen LogP) is 1.39. The number of rotatable bonds is 4. The fourth-order valence-electron chi connectivity index (χ4n) is 1.26. The predicted molar refractivity (Wildman–Crippen MR) is 56.9 cm³/mol. The Morgan fingerprint density at radius 3 is 2.18 bits per heavy atom. The smallest absolute Gasteiger partial charge is 0.375 e. The van der Waals surface area contributed by atoms with Gasteiger partial charge in [-0.05, 0) is 31.2 Å². The molecular formula is C12H11FO4. The summed E-state index contributed by atoms with van der Waals surface area (Å²) >= 11 is 0. The van der Waals surface area contributed by atoms with E-state index in [0.717, 1.165) is 19.2 Å². The van der Waals surface area contributed by atoms with E-state index in [1.54, 1.807) is 0 Å². The van der Waals surface area contributed by atoms with Crippen LogP contribution in [0.2, 0.25) is 0 Å². The molecule has 1 aromatic carbocycles. The zero-order valence-corrected chi connectivity index (χ0v) is 9.40. The standard InChI is InChI=1S/C12H11FO4/c1-7(11(15)12(16)17-2)10(14)8-3-5-9(13)6-4-8/h3-7H,1-2H3. The molecule has 1 atom stereocenters. The summed E-state index contributed by atoms with van der Waals surface area (Å²) in [5.74, 6) is -4.13. The van der Waals surface area contributed by atoms with Crippen molar-refractivity contribution in [1.82, 2.24) is 0 Å². The first-order chi connectivity index (χ1) is 7.97. The van der Waals surface area contributed by atoms with E-state index in [9.17, 15) is 18.8 Å². The molecule has 1 unspecified atom stereocenters.